The molecule has 2 N–H and O–H groups in total. The first kappa shape index (κ1) is 16.1. The van der Waals surface area contributed by atoms with Gasteiger partial charge in [-0.05, 0) is 64.4 Å². The number of hydrogen-bond acceptors (Lipinski definition) is 4. The summed E-state index contributed by atoms with van der Waals surface area (Å²) < 4.78 is 5.21. The van der Waals surface area contributed by atoms with E-state index in [1.54, 1.807) is 13.2 Å². The molecular weight excluding hydrogens is 264 g/mol. The topological polar surface area (TPSA) is 44.7 Å². The van der Waals surface area contributed by atoms with Crippen LogP contribution in [-0.2, 0) is 0 Å². The van der Waals surface area contributed by atoms with Crippen LogP contribution in [0.15, 0.2) is 18.2 Å². The third-order valence-electron chi connectivity index (χ3n) is 4.98. The number of benzene rings is 1. The molecule has 0 saturated heterocycles. The molecule has 1 aromatic carbocycles. The Bertz CT molecular complexity index is 456. The second-order valence-corrected chi connectivity index (χ2v) is 6.07. The lowest BCUT2D eigenvalue weighted by Gasteiger charge is -2.38. The molecule has 1 saturated carbocycles. The predicted octanol–water partition coefficient (Wildman–Crippen LogP) is 2.92. The summed E-state index contributed by atoms with van der Waals surface area (Å²) in [5, 5.41) is 13.1. The van der Waals surface area contributed by atoms with Gasteiger partial charge in [0, 0.05) is 18.1 Å². The predicted molar refractivity (Wildman–Crippen MR) is 85.9 cm³/mol. The second-order valence-electron chi connectivity index (χ2n) is 6.07. The van der Waals surface area contributed by atoms with Crippen molar-refractivity contribution in [2.45, 2.75) is 50.7 Å². The maximum atomic E-state index is 9.71. The van der Waals surface area contributed by atoms with Crippen molar-refractivity contribution in [3.63, 3.8) is 0 Å². The van der Waals surface area contributed by atoms with Gasteiger partial charge in [-0.25, -0.2) is 0 Å². The molecule has 0 amide bonds. The van der Waals surface area contributed by atoms with Gasteiger partial charge in [0.2, 0.25) is 0 Å². The van der Waals surface area contributed by atoms with Gasteiger partial charge in [-0.1, -0.05) is 6.07 Å². The average Bonchev–Trinajstić information content (AvgIpc) is 2.54. The van der Waals surface area contributed by atoms with Crippen LogP contribution in [0.5, 0.6) is 11.5 Å². The Morgan fingerprint density at radius 3 is 2.52 bits per heavy atom. The van der Waals surface area contributed by atoms with Crippen LogP contribution in [-0.4, -0.2) is 43.3 Å². The number of nitrogens with zero attached hydrogens (tertiary/aromatic N) is 1. The van der Waals surface area contributed by atoms with Gasteiger partial charge in [0.25, 0.3) is 0 Å². The van der Waals surface area contributed by atoms with Crippen LogP contribution < -0.4 is 10.1 Å². The lowest BCUT2D eigenvalue weighted by molar-refractivity contribution is 0.136. The van der Waals surface area contributed by atoms with Gasteiger partial charge < -0.3 is 15.2 Å². The fourth-order valence-electron chi connectivity index (χ4n) is 3.28. The fraction of sp³-hybridized carbons (Fsp3) is 0.647. The highest BCUT2D eigenvalue weighted by Gasteiger charge is 2.26. The highest BCUT2D eigenvalue weighted by atomic mass is 16.5. The van der Waals surface area contributed by atoms with Crippen LogP contribution >= 0.6 is 0 Å². The van der Waals surface area contributed by atoms with Crippen molar-refractivity contribution in [1.82, 2.24) is 10.2 Å². The molecular formula is C17H28N2O2. The van der Waals surface area contributed by atoms with Crippen molar-refractivity contribution in [3.05, 3.63) is 23.8 Å². The third kappa shape index (κ3) is 3.69. The van der Waals surface area contributed by atoms with Gasteiger partial charge in [-0.3, -0.25) is 4.90 Å². The molecule has 4 heteroatoms. The zero-order chi connectivity index (χ0) is 15.4. The minimum Gasteiger partial charge on any atom is -0.504 e. The molecule has 0 aliphatic heterocycles. The maximum Gasteiger partial charge on any atom is 0.160 e. The SMILES string of the molecule is CNC1CCC(N(C)C(C)c2ccc(O)c(OC)c2)CC1. The second kappa shape index (κ2) is 7.14. The molecule has 4 nitrogen and oxygen atoms in total. The van der Waals surface area contributed by atoms with Crippen molar-refractivity contribution >= 4 is 0 Å². The minimum atomic E-state index is 0.200. The van der Waals surface area contributed by atoms with Crippen LogP contribution in [0.3, 0.4) is 0 Å². The van der Waals surface area contributed by atoms with Crippen molar-refractivity contribution in [2.75, 3.05) is 21.2 Å². The largest absolute Gasteiger partial charge is 0.504 e. The normalized spacial score (nSPS) is 24.0. The van der Waals surface area contributed by atoms with Gasteiger partial charge in [0.05, 0.1) is 7.11 Å². The van der Waals surface area contributed by atoms with Gasteiger partial charge >= 0.3 is 0 Å². The molecule has 118 valence electrons. The van der Waals surface area contributed by atoms with E-state index in [1.807, 2.05) is 12.1 Å². The summed E-state index contributed by atoms with van der Waals surface area (Å²) in [5.74, 6) is 0.747. The molecule has 1 unspecified atom stereocenters. The highest BCUT2D eigenvalue weighted by molar-refractivity contribution is 5.42. The molecule has 0 radical (unpaired) electrons. The highest BCUT2D eigenvalue weighted by Crippen LogP contribution is 2.33. The molecule has 1 aliphatic rings. The van der Waals surface area contributed by atoms with E-state index < -0.39 is 0 Å². The molecule has 0 aromatic heterocycles. The van der Waals surface area contributed by atoms with Gasteiger partial charge in [-0.15, -0.1) is 0 Å². The summed E-state index contributed by atoms with van der Waals surface area (Å²) in [4.78, 5) is 2.46. The smallest absolute Gasteiger partial charge is 0.160 e. The lowest BCUT2D eigenvalue weighted by Crippen LogP contribution is -2.40. The molecule has 0 spiro atoms. The molecule has 2 rings (SSSR count). The van der Waals surface area contributed by atoms with Crippen LogP contribution in [0.25, 0.3) is 0 Å². The zero-order valence-corrected chi connectivity index (χ0v) is 13.6. The van der Waals surface area contributed by atoms with Gasteiger partial charge in [-0.2, -0.15) is 0 Å². The van der Waals surface area contributed by atoms with E-state index in [-0.39, 0.29) is 5.75 Å². The number of nitrogens with one attached hydrogen (secondary N) is 1. The zero-order valence-electron chi connectivity index (χ0n) is 13.6. The van der Waals surface area contributed by atoms with Crippen molar-refractivity contribution < 1.29 is 9.84 Å². The summed E-state index contributed by atoms with van der Waals surface area (Å²) in [5.41, 5.74) is 1.18. The number of rotatable bonds is 5. The van der Waals surface area contributed by atoms with Crippen LogP contribution in [0.4, 0.5) is 0 Å². The number of methoxy groups -OCH3 is 1. The number of phenols is 1. The molecule has 0 bridgehead atoms. The number of phenolic OH excluding ortho intramolecular Hbond substituents is 1. The molecule has 1 aromatic rings. The Morgan fingerprint density at radius 2 is 1.95 bits per heavy atom. The lowest BCUT2D eigenvalue weighted by atomic mass is 9.89. The standard InChI is InChI=1S/C17H28N2O2/c1-12(13-5-10-16(20)17(11-13)21-4)19(3)15-8-6-14(18-2)7-9-15/h5,10-12,14-15,18,20H,6-9H2,1-4H3. The summed E-state index contributed by atoms with van der Waals surface area (Å²) in [6.07, 6.45) is 4.97. The molecule has 0 heterocycles. The monoisotopic (exact) mass is 292 g/mol. The summed E-state index contributed by atoms with van der Waals surface area (Å²) in [6, 6.07) is 7.27. The van der Waals surface area contributed by atoms with Crippen molar-refractivity contribution in [2.24, 2.45) is 0 Å². The van der Waals surface area contributed by atoms with E-state index in [9.17, 15) is 5.11 Å². The third-order valence-corrected chi connectivity index (χ3v) is 4.98. The molecule has 21 heavy (non-hydrogen) atoms. The fourth-order valence-corrected chi connectivity index (χ4v) is 3.28. The number of aromatic hydroxyl groups is 1. The van der Waals surface area contributed by atoms with E-state index in [0.717, 1.165) is 0 Å². The van der Waals surface area contributed by atoms with Crippen LogP contribution in [0.2, 0.25) is 0 Å². The van der Waals surface area contributed by atoms with E-state index in [2.05, 4.69) is 31.2 Å². The number of ether oxygens (including phenoxy) is 1. The average molecular weight is 292 g/mol. The first-order valence-electron chi connectivity index (χ1n) is 7.83. The van der Waals surface area contributed by atoms with E-state index in [1.165, 1.54) is 31.2 Å². The van der Waals surface area contributed by atoms with E-state index >= 15 is 0 Å². The first-order chi connectivity index (χ1) is 10.1. The summed E-state index contributed by atoms with van der Waals surface area (Å²) in [6.45, 7) is 2.22. The van der Waals surface area contributed by atoms with Gasteiger partial charge in [0.15, 0.2) is 11.5 Å². The Balaban J connectivity index is 2.03. The minimum absolute atomic E-state index is 0.200. The van der Waals surface area contributed by atoms with Crippen LogP contribution in [0.1, 0.15) is 44.2 Å². The van der Waals surface area contributed by atoms with Gasteiger partial charge in [0.1, 0.15) is 0 Å². The van der Waals surface area contributed by atoms with Crippen LogP contribution in [0, 0.1) is 0 Å². The Labute approximate surface area is 128 Å². The Kier molecular flexibility index (Phi) is 5.48. The first-order valence-corrected chi connectivity index (χ1v) is 7.83. The summed E-state index contributed by atoms with van der Waals surface area (Å²) >= 11 is 0. The van der Waals surface area contributed by atoms with Crippen molar-refractivity contribution in [1.29, 1.82) is 0 Å². The Morgan fingerprint density at radius 1 is 1.29 bits per heavy atom. The quantitative estimate of drug-likeness (QED) is 0.876. The molecule has 1 atom stereocenters. The maximum absolute atomic E-state index is 9.71. The van der Waals surface area contributed by atoms with E-state index in [0.29, 0.717) is 23.9 Å². The molecule has 1 aliphatic carbocycles. The number of hydrogen-bond donors (Lipinski definition) is 2. The van der Waals surface area contributed by atoms with E-state index in [4.69, 9.17) is 4.74 Å². The Hall–Kier alpha value is -1.26. The van der Waals surface area contributed by atoms with Crippen molar-refractivity contribution in [3.8, 4) is 11.5 Å². The molecule has 1 fully saturated rings. The summed E-state index contributed by atoms with van der Waals surface area (Å²) in [7, 11) is 5.85.